The van der Waals surface area contributed by atoms with E-state index < -0.39 is 0 Å². The molecule has 0 spiro atoms. The first-order chi connectivity index (χ1) is 15.2. The number of nitrogens with two attached hydrogens (primary N) is 1. The highest BCUT2D eigenvalue weighted by Gasteiger charge is 2.13. The van der Waals surface area contributed by atoms with Crippen molar-refractivity contribution in [1.82, 2.24) is 5.32 Å². The van der Waals surface area contributed by atoms with Crippen LogP contribution in [0, 0.1) is 0 Å². The molecule has 0 radical (unpaired) electrons. The fourth-order valence-electron chi connectivity index (χ4n) is 2.87. The summed E-state index contributed by atoms with van der Waals surface area (Å²) in [6, 6.07) is 15.7. The van der Waals surface area contributed by atoms with E-state index in [1.54, 1.807) is 0 Å². The molecule has 0 aliphatic carbocycles. The molecule has 2 aromatic rings. The lowest BCUT2D eigenvalue weighted by molar-refractivity contribution is -0.125. The van der Waals surface area contributed by atoms with Crippen LogP contribution in [-0.4, -0.2) is 30.8 Å². The Morgan fingerprint density at radius 1 is 0.818 bits per heavy atom. The summed E-state index contributed by atoms with van der Waals surface area (Å²) in [4.78, 5) is 11.4. The van der Waals surface area contributed by atoms with Crippen molar-refractivity contribution in [2.24, 2.45) is 5.73 Å². The molecule has 0 fully saturated rings. The molecular weight excluding hydrogens is 416 g/mol. The number of carbonyl (C=O) groups excluding carboxylic acids is 1. The molecule has 6 nitrogen and oxygen atoms in total. The summed E-state index contributed by atoms with van der Waals surface area (Å²) in [5, 5.41) is 2.86. The minimum Gasteiger partial charge on any atom is -0.488 e. The summed E-state index contributed by atoms with van der Waals surface area (Å²) >= 11 is 0. The van der Waals surface area contributed by atoms with E-state index in [1.807, 2.05) is 104 Å². The molecule has 1 amide bonds. The molecule has 0 heterocycles. The van der Waals surface area contributed by atoms with E-state index in [0.29, 0.717) is 0 Å². The number of amides is 1. The average molecular weight is 459 g/mol. The molecule has 184 valence electrons. The van der Waals surface area contributed by atoms with Crippen LogP contribution in [0.2, 0.25) is 0 Å². The van der Waals surface area contributed by atoms with Gasteiger partial charge in [-0.3, -0.25) is 4.79 Å². The van der Waals surface area contributed by atoms with Crippen LogP contribution in [0.5, 0.6) is 11.5 Å². The number of hydrogen-bond acceptors (Lipinski definition) is 5. The Hall–Kier alpha value is -2.57. The normalized spacial score (nSPS) is 13.3. The summed E-state index contributed by atoms with van der Waals surface area (Å²) in [5.74, 6) is 1.60. The maximum absolute atomic E-state index is 11.4. The van der Waals surface area contributed by atoms with Crippen LogP contribution >= 0.6 is 0 Å². The Bertz CT molecular complexity index is 832. The summed E-state index contributed by atoms with van der Waals surface area (Å²) in [5.41, 5.74) is 7.56. The van der Waals surface area contributed by atoms with Gasteiger partial charge in [-0.2, -0.15) is 0 Å². The number of rotatable bonds is 7. The molecule has 0 saturated carbocycles. The van der Waals surface area contributed by atoms with Crippen molar-refractivity contribution in [3.8, 4) is 11.5 Å². The molecule has 2 rings (SSSR count). The van der Waals surface area contributed by atoms with Gasteiger partial charge in [-0.15, -0.1) is 0 Å². The lowest BCUT2D eigenvalue weighted by Crippen LogP contribution is -2.29. The number of hydrogen-bond donors (Lipinski definition) is 2. The monoisotopic (exact) mass is 458 g/mol. The van der Waals surface area contributed by atoms with Crippen LogP contribution in [0.1, 0.15) is 78.6 Å². The topological polar surface area (TPSA) is 82.8 Å². The molecule has 0 unspecified atom stereocenters. The zero-order valence-corrected chi connectivity index (χ0v) is 21.7. The fraction of sp³-hybridized carbons (Fsp3) is 0.519. The maximum Gasteiger partial charge on any atom is 0.246 e. The minimum absolute atomic E-state index is 0.0497. The van der Waals surface area contributed by atoms with Crippen LogP contribution < -0.4 is 20.5 Å². The van der Waals surface area contributed by atoms with Gasteiger partial charge in [0.25, 0.3) is 0 Å². The third kappa shape index (κ3) is 12.3. The third-order valence-electron chi connectivity index (χ3n) is 4.29. The summed E-state index contributed by atoms with van der Waals surface area (Å²) in [6.45, 7) is 16.1. The van der Waals surface area contributed by atoms with E-state index in [4.69, 9.17) is 19.9 Å². The predicted octanol–water partition coefficient (Wildman–Crippen LogP) is 5.57. The van der Waals surface area contributed by atoms with E-state index in [0.717, 1.165) is 22.6 Å². The number of benzene rings is 2. The van der Waals surface area contributed by atoms with Gasteiger partial charge in [-0.1, -0.05) is 24.3 Å². The Labute approximate surface area is 199 Å². The molecule has 33 heavy (non-hydrogen) atoms. The van der Waals surface area contributed by atoms with Crippen molar-refractivity contribution in [2.75, 3.05) is 13.7 Å². The molecule has 6 heteroatoms. The first kappa shape index (κ1) is 28.5. The Morgan fingerprint density at radius 3 is 1.55 bits per heavy atom. The zero-order chi connectivity index (χ0) is 25.2. The van der Waals surface area contributed by atoms with Crippen molar-refractivity contribution in [1.29, 1.82) is 0 Å². The smallest absolute Gasteiger partial charge is 0.246 e. The molecule has 0 bridgehead atoms. The Balaban J connectivity index is 0.000000346. The molecule has 2 atom stereocenters. The Morgan fingerprint density at radius 2 is 1.21 bits per heavy atom. The first-order valence-electron chi connectivity index (χ1n) is 11.3. The fourth-order valence-corrected chi connectivity index (χ4v) is 2.87. The Kier molecular flexibility index (Phi) is 10.9. The summed E-state index contributed by atoms with van der Waals surface area (Å²) < 4.78 is 16.2. The maximum atomic E-state index is 11.4. The van der Waals surface area contributed by atoms with E-state index >= 15 is 0 Å². The second kappa shape index (κ2) is 12.6. The highest BCUT2D eigenvalue weighted by Crippen LogP contribution is 2.22. The van der Waals surface area contributed by atoms with Gasteiger partial charge in [0.15, 0.2) is 0 Å². The lowest BCUT2D eigenvalue weighted by atomic mass is 10.1. The summed E-state index contributed by atoms with van der Waals surface area (Å²) in [7, 11) is 1.50. The second-order valence-electron chi connectivity index (χ2n) is 10.1. The van der Waals surface area contributed by atoms with Gasteiger partial charge in [0.05, 0.1) is 6.04 Å². The van der Waals surface area contributed by atoms with Crippen molar-refractivity contribution in [2.45, 2.75) is 78.7 Å². The van der Waals surface area contributed by atoms with Gasteiger partial charge in [-0.05, 0) is 90.8 Å². The quantitative estimate of drug-likeness (QED) is 0.567. The summed E-state index contributed by atoms with van der Waals surface area (Å²) in [6.07, 6.45) is 0. The van der Waals surface area contributed by atoms with Crippen molar-refractivity contribution < 1.29 is 19.0 Å². The van der Waals surface area contributed by atoms with Gasteiger partial charge in [0.1, 0.15) is 29.3 Å². The van der Waals surface area contributed by atoms with Gasteiger partial charge >= 0.3 is 0 Å². The van der Waals surface area contributed by atoms with Crippen LogP contribution in [0.15, 0.2) is 48.5 Å². The zero-order valence-electron chi connectivity index (χ0n) is 21.7. The van der Waals surface area contributed by atoms with Crippen molar-refractivity contribution >= 4 is 5.91 Å². The number of nitrogens with one attached hydrogen (secondary N) is 1. The van der Waals surface area contributed by atoms with Crippen LogP contribution in [0.25, 0.3) is 0 Å². The van der Waals surface area contributed by atoms with Crippen LogP contribution in [-0.2, 0) is 9.53 Å². The molecule has 0 aliphatic heterocycles. The van der Waals surface area contributed by atoms with E-state index in [9.17, 15) is 4.79 Å². The highest BCUT2D eigenvalue weighted by atomic mass is 16.5. The van der Waals surface area contributed by atoms with Crippen LogP contribution in [0.3, 0.4) is 0 Å². The van der Waals surface area contributed by atoms with Crippen molar-refractivity contribution in [3.05, 3.63) is 59.7 Å². The van der Waals surface area contributed by atoms with Gasteiger partial charge in [-0.25, -0.2) is 0 Å². The predicted molar refractivity (Wildman–Crippen MR) is 135 cm³/mol. The molecule has 3 N–H and O–H groups in total. The average Bonchev–Trinajstić information content (AvgIpc) is 2.67. The number of ether oxygens (including phenoxy) is 3. The highest BCUT2D eigenvalue weighted by molar-refractivity contribution is 5.77. The molecular formula is C27H42N2O4. The van der Waals surface area contributed by atoms with Crippen LogP contribution in [0.4, 0.5) is 0 Å². The molecule has 0 aromatic heterocycles. The van der Waals surface area contributed by atoms with Gasteiger partial charge in [0, 0.05) is 13.2 Å². The van der Waals surface area contributed by atoms with E-state index in [1.165, 1.54) is 7.11 Å². The van der Waals surface area contributed by atoms with Gasteiger partial charge in [0.2, 0.25) is 5.91 Å². The van der Waals surface area contributed by atoms with Crippen molar-refractivity contribution in [3.63, 3.8) is 0 Å². The molecule has 2 aromatic carbocycles. The number of carbonyl (C=O) groups is 1. The molecule has 0 aliphatic rings. The first-order valence-corrected chi connectivity index (χ1v) is 11.3. The second-order valence-corrected chi connectivity index (χ2v) is 10.1. The number of methoxy groups -OCH3 is 1. The van der Waals surface area contributed by atoms with E-state index in [2.05, 4.69) is 5.32 Å². The lowest BCUT2D eigenvalue weighted by Gasteiger charge is -2.22. The SMILES string of the molecule is COCC(=O)N[C@H](C)c1ccc(OC(C)(C)C)cc1.C[C@@H](N)c1ccc(OC(C)(C)C)cc1. The molecule has 0 saturated heterocycles. The minimum atomic E-state index is -0.209. The van der Waals surface area contributed by atoms with Gasteiger partial charge < -0.3 is 25.3 Å². The third-order valence-corrected chi connectivity index (χ3v) is 4.29. The largest absolute Gasteiger partial charge is 0.488 e. The standard InChI is InChI=1S/C15H23NO3.C12H19NO/c1-11(16-14(17)10-18-5)12-6-8-13(9-7-12)19-15(2,3)4;1-9(13)10-5-7-11(8-6-10)14-12(2,3)4/h6-9,11H,10H2,1-5H3,(H,16,17);5-9H,13H2,1-4H3/t11-;9-/m11/s1. The van der Waals surface area contributed by atoms with E-state index in [-0.39, 0.29) is 35.8 Å².